The highest BCUT2D eigenvalue weighted by Crippen LogP contribution is 2.24. The molecule has 2 aromatic heterocycles. The van der Waals surface area contributed by atoms with Gasteiger partial charge in [-0.05, 0) is 43.3 Å². The molecule has 0 saturated carbocycles. The number of rotatable bonds is 6. The van der Waals surface area contributed by atoms with E-state index in [1.165, 1.54) is 0 Å². The fraction of sp³-hybridized carbons (Fsp3) is 0.160. The quantitative estimate of drug-likeness (QED) is 0.519. The second-order valence-corrected chi connectivity index (χ2v) is 7.32. The average molecular weight is 396 g/mol. The number of carbonyl (C=O) groups excluding carboxylic acids is 1. The van der Waals surface area contributed by atoms with Gasteiger partial charge >= 0.3 is 0 Å². The Labute approximate surface area is 176 Å². The van der Waals surface area contributed by atoms with Crippen molar-refractivity contribution in [2.45, 2.75) is 13.0 Å². The van der Waals surface area contributed by atoms with Crippen molar-refractivity contribution in [2.75, 3.05) is 18.5 Å². The van der Waals surface area contributed by atoms with Crippen LogP contribution in [0.3, 0.4) is 0 Å². The molecule has 30 heavy (non-hydrogen) atoms. The monoisotopic (exact) mass is 396 g/mol. The molecule has 1 amide bonds. The van der Waals surface area contributed by atoms with Crippen molar-refractivity contribution >= 4 is 22.5 Å². The first-order valence-corrected chi connectivity index (χ1v) is 10.00. The Balaban J connectivity index is 1.58. The lowest BCUT2D eigenvalue weighted by Crippen LogP contribution is -2.40. The van der Waals surface area contributed by atoms with Gasteiger partial charge in [0.15, 0.2) is 0 Å². The molecule has 4 rings (SSSR count). The summed E-state index contributed by atoms with van der Waals surface area (Å²) in [5.41, 5.74) is 4.15. The number of benzene rings is 2. The summed E-state index contributed by atoms with van der Waals surface area (Å²) in [6, 6.07) is 23.7. The third-order valence-corrected chi connectivity index (χ3v) is 5.30. The van der Waals surface area contributed by atoms with Crippen LogP contribution in [0.15, 0.2) is 85.2 Å². The van der Waals surface area contributed by atoms with Crippen LogP contribution in [0.2, 0.25) is 0 Å². The molecular formula is C25H24N4O. The molecule has 2 heterocycles. The number of amides is 1. The van der Waals surface area contributed by atoms with E-state index in [1.807, 2.05) is 67.7 Å². The van der Waals surface area contributed by atoms with Crippen LogP contribution in [0, 0.1) is 0 Å². The van der Waals surface area contributed by atoms with Crippen LogP contribution in [-0.4, -0.2) is 35.5 Å². The molecule has 5 nitrogen and oxygen atoms in total. The average Bonchev–Trinajstić information content (AvgIpc) is 2.82. The second-order valence-electron chi connectivity index (χ2n) is 7.32. The molecule has 0 fully saturated rings. The van der Waals surface area contributed by atoms with Crippen LogP contribution < -0.4 is 10.2 Å². The lowest BCUT2D eigenvalue weighted by molar-refractivity contribution is 0.0953. The zero-order valence-corrected chi connectivity index (χ0v) is 17.1. The minimum absolute atomic E-state index is 0.105. The lowest BCUT2D eigenvalue weighted by atomic mass is 10.0. The Morgan fingerprint density at radius 3 is 2.57 bits per heavy atom. The van der Waals surface area contributed by atoms with Gasteiger partial charge in [-0.3, -0.25) is 9.78 Å². The molecule has 0 aliphatic carbocycles. The van der Waals surface area contributed by atoms with Gasteiger partial charge in [0, 0.05) is 48.7 Å². The molecule has 1 N–H and O–H groups in total. The van der Waals surface area contributed by atoms with Crippen LogP contribution >= 0.6 is 0 Å². The summed E-state index contributed by atoms with van der Waals surface area (Å²) in [5, 5.41) is 3.94. The summed E-state index contributed by atoms with van der Waals surface area (Å²) in [4.78, 5) is 24.2. The summed E-state index contributed by atoms with van der Waals surface area (Å²) in [6.07, 6.45) is 3.48. The first-order valence-electron chi connectivity index (χ1n) is 10.00. The maximum Gasteiger partial charge on any atom is 0.252 e. The number of nitrogens with zero attached hydrogens (tertiary/aromatic N) is 3. The summed E-state index contributed by atoms with van der Waals surface area (Å²) < 4.78 is 0. The smallest absolute Gasteiger partial charge is 0.252 e. The van der Waals surface area contributed by atoms with E-state index < -0.39 is 0 Å². The summed E-state index contributed by atoms with van der Waals surface area (Å²) in [6.45, 7) is 2.63. The predicted octanol–water partition coefficient (Wildman–Crippen LogP) is 4.55. The van der Waals surface area contributed by atoms with E-state index in [1.54, 1.807) is 12.4 Å². The summed E-state index contributed by atoms with van der Waals surface area (Å²) in [5.74, 6) is -0.105. The second kappa shape index (κ2) is 8.74. The zero-order chi connectivity index (χ0) is 20.9. The van der Waals surface area contributed by atoms with E-state index in [4.69, 9.17) is 4.98 Å². The van der Waals surface area contributed by atoms with Crippen molar-refractivity contribution < 1.29 is 4.79 Å². The number of nitrogens with one attached hydrogen (secondary N) is 1. The molecule has 4 aromatic rings. The molecule has 0 aliphatic rings. The van der Waals surface area contributed by atoms with E-state index >= 15 is 0 Å². The van der Waals surface area contributed by atoms with Gasteiger partial charge in [0.05, 0.1) is 16.8 Å². The normalized spacial score (nSPS) is 11.8. The number of hydrogen-bond donors (Lipinski definition) is 1. The first kappa shape index (κ1) is 19.6. The topological polar surface area (TPSA) is 58.1 Å². The SMILES string of the molecule is CC(CNC(=O)c1cc(-c2cccnc2)nc2ccccc12)N(C)c1ccccc1. The Kier molecular flexibility index (Phi) is 5.70. The number of likely N-dealkylation sites (N-methyl/N-ethyl adjacent to an activating group) is 1. The summed E-state index contributed by atoms with van der Waals surface area (Å²) >= 11 is 0. The van der Waals surface area contributed by atoms with Crippen molar-refractivity contribution in [1.29, 1.82) is 0 Å². The molecule has 0 spiro atoms. The third-order valence-electron chi connectivity index (χ3n) is 5.30. The Bertz CT molecular complexity index is 1150. The molecule has 0 bridgehead atoms. The molecule has 2 aromatic carbocycles. The highest BCUT2D eigenvalue weighted by Gasteiger charge is 2.16. The Hall–Kier alpha value is -3.73. The molecule has 1 unspecified atom stereocenters. The molecule has 150 valence electrons. The van der Waals surface area contributed by atoms with Crippen LogP contribution in [0.25, 0.3) is 22.2 Å². The fourth-order valence-electron chi connectivity index (χ4n) is 3.42. The molecular weight excluding hydrogens is 372 g/mol. The molecule has 1 atom stereocenters. The lowest BCUT2D eigenvalue weighted by Gasteiger charge is -2.27. The first-order chi connectivity index (χ1) is 14.6. The van der Waals surface area contributed by atoms with Gasteiger partial charge in [0.2, 0.25) is 0 Å². The van der Waals surface area contributed by atoms with Crippen molar-refractivity contribution in [3.05, 3.63) is 90.8 Å². The number of aromatic nitrogens is 2. The maximum absolute atomic E-state index is 13.1. The Morgan fingerprint density at radius 2 is 1.80 bits per heavy atom. The van der Waals surface area contributed by atoms with Gasteiger partial charge in [-0.1, -0.05) is 36.4 Å². The number of pyridine rings is 2. The standard InChI is InChI=1S/C25H24N4O/c1-18(29(2)20-10-4-3-5-11-20)16-27-25(30)22-15-24(19-9-8-14-26-17-19)28-23-13-7-6-12-21(22)23/h3-15,17-18H,16H2,1-2H3,(H,27,30). The van der Waals surface area contributed by atoms with E-state index in [0.29, 0.717) is 12.1 Å². The van der Waals surface area contributed by atoms with Crippen LogP contribution in [0.5, 0.6) is 0 Å². The highest BCUT2D eigenvalue weighted by atomic mass is 16.1. The van der Waals surface area contributed by atoms with E-state index in [-0.39, 0.29) is 11.9 Å². The van der Waals surface area contributed by atoms with Crippen LogP contribution in [0.1, 0.15) is 17.3 Å². The van der Waals surface area contributed by atoms with Crippen molar-refractivity contribution in [3.8, 4) is 11.3 Å². The van der Waals surface area contributed by atoms with Gasteiger partial charge in [-0.15, -0.1) is 0 Å². The van der Waals surface area contributed by atoms with E-state index in [9.17, 15) is 4.79 Å². The molecule has 0 saturated heterocycles. The molecule has 5 heteroatoms. The van der Waals surface area contributed by atoms with Gasteiger partial charge < -0.3 is 10.2 Å². The Morgan fingerprint density at radius 1 is 1.03 bits per heavy atom. The van der Waals surface area contributed by atoms with E-state index in [0.717, 1.165) is 27.8 Å². The largest absolute Gasteiger partial charge is 0.370 e. The number of carbonyl (C=O) groups is 1. The minimum atomic E-state index is -0.105. The number of fused-ring (bicyclic) bond motifs is 1. The molecule has 0 aliphatic heterocycles. The van der Waals surface area contributed by atoms with Crippen molar-refractivity contribution in [3.63, 3.8) is 0 Å². The van der Waals surface area contributed by atoms with Crippen LogP contribution in [0.4, 0.5) is 5.69 Å². The maximum atomic E-state index is 13.1. The fourth-order valence-corrected chi connectivity index (χ4v) is 3.42. The number of hydrogen-bond acceptors (Lipinski definition) is 4. The number of para-hydroxylation sites is 2. The zero-order valence-electron chi connectivity index (χ0n) is 17.1. The van der Waals surface area contributed by atoms with Crippen molar-refractivity contribution in [2.24, 2.45) is 0 Å². The van der Waals surface area contributed by atoms with Gasteiger partial charge in [-0.2, -0.15) is 0 Å². The van der Waals surface area contributed by atoms with Gasteiger partial charge in [0.1, 0.15) is 0 Å². The predicted molar refractivity (Wildman–Crippen MR) is 122 cm³/mol. The van der Waals surface area contributed by atoms with Gasteiger partial charge in [0.25, 0.3) is 5.91 Å². The minimum Gasteiger partial charge on any atom is -0.370 e. The summed E-state index contributed by atoms with van der Waals surface area (Å²) in [7, 11) is 2.04. The van der Waals surface area contributed by atoms with Gasteiger partial charge in [-0.25, -0.2) is 4.98 Å². The molecule has 0 radical (unpaired) electrons. The highest BCUT2D eigenvalue weighted by molar-refractivity contribution is 6.07. The van der Waals surface area contributed by atoms with E-state index in [2.05, 4.69) is 34.3 Å². The van der Waals surface area contributed by atoms with Crippen molar-refractivity contribution in [1.82, 2.24) is 15.3 Å². The third kappa shape index (κ3) is 4.15. The number of anilines is 1. The van der Waals surface area contributed by atoms with Crippen LogP contribution in [-0.2, 0) is 0 Å².